The molecule has 2 aromatic heterocycles. The number of thiophene rings is 1. The zero-order chi connectivity index (χ0) is 22.2. The molecule has 1 amide bonds. The number of anilines is 1. The van der Waals surface area contributed by atoms with Gasteiger partial charge in [-0.05, 0) is 41.8 Å². The molecule has 2 heterocycles. The highest BCUT2D eigenvalue weighted by atomic mass is 32.1. The van der Waals surface area contributed by atoms with Gasteiger partial charge in [-0.3, -0.25) is 4.79 Å². The highest BCUT2D eigenvalue weighted by Gasteiger charge is 2.31. The van der Waals surface area contributed by atoms with Gasteiger partial charge in [-0.2, -0.15) is 13.2 Å². The highest BCUT2D eigenvalue weighted by Crippen LogP contribution is 2.32. The molecule has 0 radical (unpaired) electrons. The van der Waals surface area contributed by atoms with Gasteiger partial charge >= 0.3 is 6.18 Å². The number of aromatic nitrogens is 3. The number of para-hydroxylation sites is 1. The van der Waals surface area contributed by atoms with Crippen molar-refractivity contribution in [3.8, 4) is 16.4 Å². The van der Waals surface area contributed by atoms with E-state index in [9.17, 15) is 22.4 Å². The van der Waals surface area contributed by atoms with E-state index in [-0.39, 0.29) is 23.0 Å². The largest absolute Gasteiger partial charge is 0.416 e. The van der Waals surface area contributed by atoms with Gasteiger partial charge < -0.3 is 4.90 Å². The summed E-state index contributed by atoms with van der Waals surface area (Å²) in [7, 11) is 1.37. The number of amides is 1. The zero-order valence-corrected chi connectivity index (χ0v) is 16.8. The fourth-order valence-electron chi connectivity index (χ4n) is 2.95. The van der Waals surface area contributed by atoms with E-state index >= 15 is 0 Å². The quantitative estimate of drug-likeness (QED) is 0.393. The Morgan fingerprint density at radius 1 is 1.06 bits per heavy atom. The van der Waals surface area contributed by atoms with Crippen molar-refractivity contribution in [2.75, 3.05) is 11.9 Å². The van der Waals surface area contributed by atoms with E-state index in [4.69, 9.17) is 0 Å². The minimum absolute atomic E-state index is 0.0283. The number of benzene rings is 2. The minimum Gasteiger partial charge on any atom is -0.306 e. The van der Waals surface area contributed by atoms with Crippen molar-refractivity contribution in [1.29, 1.82) is 0 Å². The van der Waals surface area contributed by atoms with Crippen molar-refractivity contribution in [2.24, 2.45) is 0 Å². The van der Waals surface area contributed by atoms with E-state index in [0.717, 1.165) is 17.0 Å². The van der Waals surface area contributed by atoms with Crippen LogP contribution in [0.4, 0.5) is 23.2 Å². The Hall–Kier alpha value is -3.53. The lowest BCUT2D eigenvalue weighted by Crippen LogP contribution is -2.28. The smallest absolute Gasteiger partial charge is 0.306 e. The van der Waals surface area contributed by atoms with E-state index in [1.54, 1.807) is 23.6 Å². The molecule has 31 heavy (non-hydrogen) atoms. The van der Waals surface area contributed by atoms with Crippen LogP contribution in [0.5, 0.6) is 0 Å². The molecule has 0 unspecified atom stereocenters. The van der Waals surface area contributed by atoms with Crippen LogP contribution in [-0.4, -0.2) is 27.7 Å². The van der Waals surface area contributed by atoms with Crippen LogP contribution in [0.1, 0.15) is 16.2 Å². The Morgan fingerprint density at radius 2 is 1.84 bits per heavy atom. The molecule has 2 aromatic carbocycles. The van der Waals surface area contributed by atoms with Crippen LogP contribution in [0.15, 0.2) is 66.0 Å². The number of hydrogen-bond donors (Lipinski definition) is 0. The lowest BCUT2D eigenvalue weighted by atomic mass is 10.2. The second-order valence-corrected chi connectivity index (χ2v) is 7.46. The van der Waals surface area contributed by atoms with Gasteiger partial charge in [0.25, 0.3) is 5.91 Å². The average molecular weight is 446 g/mol. The van der Waals surface area contributed by atoms with E-state index in [1.165, 1.54) is 53.4 Å². The summed E-state index contributed by atoms with van der Waals surface area (Å²) >= 11 is 1.30. The van der Waals surface area contributed by atoms with Crippen LogP contribution in [0.2, 0.25) is 0 Å². The third-order valence-electron chi connectivity index (χ3n) is 4.48. The molecule has 0 bridgehead atoms. The SMILES string of the molecule is CN(C(=O)c1nc(-c2cccs2)n(-c2cccc(C(F)(F)F)c2)n1)c1ccccc1F. The summed E-state index contributed by atoms with van der Waals surface area (Å²) in [4.78, 5) is 18.9. The maximum Gasteiger partial charge on any atom is 0.416 e. The fourth-order valence-corrected chi connectivity index (χ4v) is 3.64. The minimum atomic E-state index is -4.54. The molecule has 0 saturated carbocycles. The van der Waals surface area contributed by atoms with Crippen molar-refractivity contribution < 1.29 is 22.4 Å². The van der Waals surface area contributed by atoms with Gasteiger partial charge in [0, 0.05) is 7.05 Å². The third kappa shape index (κ3) is 4.06. The number of carbonyl (C=O) groups is 1. The van der Waals surface area contributed by atoms with Crippen molar-refractivity contribution in [3.63, 3.8) is 0 Å². The molecule has 5 nitrogen and oxygen atoms in total. The molecular formula is C21H14F4N4OS. The van der Waals surface area contributed by atoms with E-state index in [1.807, 2.05) is 0 Å². The first-order valence-electron chi connectivity index (χ1n) is 8.97. The Morgan fingerprint density at radius 3 is 2.52 bits per heavy atom. The normalized spacial score (nSPS) is 11.5. The Bertz CT molecular complexity index is 1230. The molecule has 4 aromatic rings. The molecule has 0 aliphatic carbocycles. The predicted octanol–water partition coefficient (Wildman–Crippen LogP) is 5.43. The van der Waals surface area contributed by atoms with Crippen molar-refractivity contribution in [2.45, 2.75) is 6.18 Å². The molecule has 0 spiro atoms. The zero-order valence-electron chi connectivity index (χ0n) is 16.0. The van der Waals surface area contributed by atoms with Gasteiger partial charge in [0.05, 0.1) is 21.8 Å². The van der Waals surface area contributed by atoms with Gasteiger partial charge in [-0.1, -0.05) is 24.3 Å². The molecule has 0 aliphatic rings. The van der Waals surface area contributed by atoms with Gasteiger partial charge in [0.2, 0.25) is 5.82 Å². The summed E-state index contributed by atoms with van der Waals surface area (Å²) < 4.78 is 54.8. The summed E-state index contributed by atoms with van der Waals surface area (Å²) in [6, 6.07) is 13.7. The number of carbonyl (C=O) groups excluding carboxylic acids is 1. The highest BCUT2D eigenvalue weighted by molar-refractivity contribution is 7.13. The van der Waals surface area contributed by atoms with Crippen LogP contribution < -0.4 is 4.90 Å². The second kappa shape index (κ2) is 7.95. The standard InChI is InChI=1S/C21H14F4N4OS/c1-28(16-9-3-2-8-15(16)22)20(30)18-26-19(17-10-5-11-31-17)29(27-18)14-7-4-6-13(12-14)21(23,24)25/h2-12H,1H3. The molecule has 0 saturated heterocycles. The van der Waals surface area contributed by atoms with Gasteiger partial charge in [0.15, 0.2) is 5.82 Å². The average Bonchev–Trinajstić information content (AvgIpc) is 3.42. The fraction of sp³-hybridized carbons (Fsp3) is 0.0952. The van der Waals surface area contributed by atoms with Crippen LogP contribution in [0.3, 0.4) is 0 Å². The Labute approximate surface area is 178 Å². The summed E-state index contributed by atoms with van der Waals surface area (Å²) in [6.07, 6.45) is -4.54. The van der Waals surface area contributed by atoms with Crippen LogP contribution in [0, 0.1) is 5.82 Å². The number of hydrogen-bond acceptors (Lipinski definition) is 4. The molecule has 4 rings (SSSR count). The van der Waals surface area contributed by atoms with E-state index in [2.05, 4.69) is 10.1 Å². The maximum atomic E-state index is 14.1. The first-order valence-corrected chi connectivity index (χ1v) is 9.85. The first-order chi connectivity index (χ1) is 14.8. The monoisotopic (exact) mass is 446 g/mol. The molecule has 0 atom stereocenters. The summed E-state index contributed by atoms with van der Waals surface area (Å²) in [5.74, 6) is -1.37. The number of alkyl halides is 3. The number of rotatable bonds is 4. The van der Waals surface area contributed by atoms with Crippen molar-refractivity contribution >= 4 is 22.9 Å². The molecule has 0 fully saturated rings. The molecule has 0 aliphatic heterocycles. The number of nitrogens with zero attached hydrogens (tertiary/aromatic N) is 4. The van der Waals surface area contributed by atoms with Gasteiger partial charge in [-0.25, -0.2) is 14.1 Å². The van der Waals surface area contributed by atoms with Crippen LogP contribution in [0.25, 0.3) is 16.4 Å². The van der Waals surface area contributed by atoms with E-state index in [0.29, 0.717) is 4.88 Å². The van der Waals surface area contributed by atoms with Gasteiger partial charge in [0.1, 0.15) is 5.82 Å². The third-order valence-corrected chi connectivity index (χ3v) is 5.34. The lowest BCUT2D eigenvalue weighted by Gasteiger charge is -2.15. The summed E-state index contributed by atoms with van der Waals surface area (Å²) in [6.45, 7) is 0. The van der Waals surface area contributed by atoms with E-state index < -0.39 is 23.5 Å². The number of halogens is 4. The Balaban J connectivity index is 1.80. The first kappa shape index (κ1) is 20.7. The topological polar surface area (TPSA) is 51.0 Å². The molecular weight excluding hydrogens is 432 g/mol. The lowest BCUT2D eigenvalue weighted by molar-refractivity contribution is -0.137. The van der Waals surface area contributed by atoms with Crippen LogP contribution in [-0.2, 0) is 6.18 Å². The predicted molar refractivity (Wildman–Crippen MR) is 109 cm³/mol. The van der Waals surface area contributed by atoms with Gasteiger partial charge in [-0.15, -0.1) is 16.4 Å². The summed E-state index contributed by atoms with van der Waals surface area (Å²) in [5.41, 5.74) is -0.729. The molecule has 158 valence electrons. The van der Waals surface area contributed by atoms with Crippen LogP contribution >= 0.6 is 11.3 Å². The maximum absolute atomic E-state index is 14.1. The second-order valence-electron chi connectivity index (χ2n) is 6.51. The van der Waals surface area contributed by atoms with Crippen molar-refractivity contribution in [3.05, 3.63) is 83.2 Å². The molecule has 10 heteroatoms. The van der Waals surface area contributed by atoms with Crippen molar-refractivity contribution in [1.82, 2.24) is 14.8 Å². The molecule has 0 N–H and O–H groups in total. The Kier molecular flexibility index (Phi) is 5.32. The summed E-state index contributed by atoms with van der Waals surface area (Å²) in [5, 5.41) is 5.94.